The number of nitrogens with zero attached hydrogens (tertiary/aromatic N) is 3. The number of aryl methyl sites for hydroxylation is 1. The fourth-order valence-corrected chi connectivity index (χ4v) is 6.67. The summed E-state index contributed by atoms with van der Waals surface area (Å²) in [6.07, 6.45) is 0.669. The van der Waals surface area contributed by atoms with Gasteiger partial charge < -0.3 is 25.2 Å². The van der Waals surface area contributed by atoms with E-state index in [1.807, 2.05) is 27.7 Å². The quantitative estimate of drug-likeness (QED) is 0.301. The number of amides is 2. The number of ether oxygens (including phenoxy) is 1. The molecule has 41 heavy (non-hydrogen) atoms. The number of thiophene rings is 1. The van der Waals surface area contributed by atoms with E-state index in [1.165, 1.54) is 16.9 Å². The maximum atomic E-state index is 12.8. The van der Waals surface area contributed by atoms with Gasteiger partial charge in [-0.15, -0.1) is 11.3 Å². The molecule has 0 bridgehead atoms. The number of piperazine rings is 1. The molecule has 9 heteroatoms. The first-order valence-electron chi connectivity index (χ1n) is 14.4. The van der Waals surface area contributed by atoms with Crippen LogP contribution >= 0.6 is 11.3 Å². The number of nitrogens with one attached hydrogen (secondary N) is 2. The van der Waals surface area contributed by atoms with Crippen LogP contribution < -0.4 is 15.5 Å². The second-order valence-corrected chi connectivity index (χ2v) is 13.0. The van der Waals surface area contributed by atoms with Crippen molar-refractivity contribution < 1.29 is 14.3 Å². The van der Waals surface area contributed by atoms with Crippen molar-refractivity contribution in [3.8, 4) is 11.3 Å². The van der Waals surface area contributed by atoms with Crippen molar-refractivity contribution in [1.29, 1.82) is 0 Å². The van der Waals surface area contributed by atoms with Crippen LogP contribution in [0.25, 0.3) is 32.2 Å². The summed E-state index contributed by atoms with van der Waals surface area (Å²) in [5.41, 5.74) is 5.71. The standard InChI is InChI=1S/C32H37N5O3S/c1-6-20-15-21(17-22(16-20)36-11-13-37(14-12-36)31(39)40-32(3,4)5)24-8-7-23-25(35-24)9-10-26-27(23)28-29(41-26)30(38)34-19(2)18-33-28/h7-10,15-17,19,33H,6,11-14,18H2,1-5H3,(H,34,38)/t19-/m1/s1. The first kappa shape index (κ1) is 27.3. The van der Waals surface area contributed by atoms with Crippen molar-refractivity contribution in [3.63, 3.8) is 0 Å². The Morgan fingerprint density at radius 1 is 1.10 bits per heavy atom. The highest BCUT2D eigenvalue weighted by molar-refractivity contribution is 7.21. The van der Waals surface area contributed by atoms with Crippen molar-refractivity contribution >= 4 is 55.7 Å². The van der Waals surface area contributed by atoms with Gasteiger partial charge in [0, 0.05) is 65.5 Å². The molecule has 6 rings (SSSR count). The van der Waals surface area contributed by atoms with E-state index in [-0.39, 0.29) is 18.0 Å². The van der Waals surface area contributed by atoms with Crippen molar-refractivity contribution in [2.75, 3.05) is 42.9 Å². The maximum Gasteiger partial charge on any atom is 0.410 e. The Hall–Kier alpha value is -3.85. The molecule has 1 saturated heterocycles. The van der Waals surface area contributed by atoms with Crippen molar-refractivity contribution in [1.82, 2.24) is 15.2 Å². The van der Waals surface area contributed by atoms with Crippen molar-refractivity contribution in [3.05, 3.63) is 52.9 Å². The zero-order chi connectivity index (χ0) is 28.9. The number of hydrogen-bond acceptors (Lipinski definition) is 7. The van der Waals surface area contributed by atoms with E-state index in [9.17, 15) is 9.59 Å². The van der Waals surface area contributed by atoms with Gasteiger partial charge in [0.05, 0.1) is 16.9 Å². The lowest BCUT2D eigenvalue weighted by Crippen LogP contribution is -2.50. The van der Waals surface area contributed by atoms with Crippen LogP contribution in [0.15, 0.2) is 42.5 Å². The molecule has 0 radical (unpaired) electrons. The Morgan fingerprint density at radius 2 is 1.88 bits per heavy atom. The average Bonchev–Trinajstić information content (AvgIpc) is 3.27. The summed E-state index contributed by atoms with van der Waals surface area (Å²) in [7, 11) is 0. The van der Waals surface area contributed by atoms with Gasteiger partial charge >= 0.3 is 6.09 Å². The Bertz CT molecular complexity index is 1650. The van der Waals surface area contributed by atoms with E-state index in [4.69, 9.17) is 9.72 Å². The van der Waals surface area contributed by atoms with E-state index in [0.717, 1.165) is 68.0 Å². The van der Waals surface area contributed by atoms with Crippen LogP contribution in [0.2, 0.25) is 0 Å². The van der Waals surface area contributed by atoms with Crippen LogP contribution in [0.1, 0.15) is 49.9 Å². The smallest absolute Gasteiger partial charge is 0.410 e. The van der Waals surface area contributed by atoms with E-state index in [0.29, 0.717) is 19.6 Å². The van der Waals surface area contributed by atoms with Crippen LogP contribution in [0.4, 0.5) is 16.2 Å². The summed E-state index contributed by atoms with van der Waals surface area (Å²) in [4.78, 5) is 35.3. The van der Waals surface area contributed by atoms with Crippen molar-refractivity contribution in [2.24, 2.45) is 0 Å². The molecule has 214 valence electrons. The summed E-state index contributed by atoms with van der Waals surface area (Å²) in [5.74, 6) is -0.0210. The molecule has 0 aliphatic carbocycles. The number of benzene rings is 2. The lowest BCUT2D eigenvalue weighted by molar-refractivity contribution is 0.0240. The van der Waals surface area contributed by atoms with Crippen LogP contribution in [0.5, 0.6) is 0 Å². The zero-order valence-electron chi connectivity index (χ0n) is 24.3. The first-order chi connectivity index (χ1) is 19.6. The summed E-state index contributed by atoms with van der Waals surface area (Å²) < 4.78 is 6.65. The summed E-state index contributed by atoms with van der Waals surface area (Å²) in [6, 6.07) is 15.1. The molecular formula is C32H37N5O3S. The van der Waals surface area contributed by atoms with E-state index in [1.54, 1.807) is 4.90 Å². The lowest BCUT2D eigenvalue weighted by atomic mass is 10.0. The van der Waals surface area contributed by atoms with E-state index < -0.39 is 5.60 Å². The Labute approximate surface area is 244 Å². The molecule has 0 spiro atoms. The van der Waals surface area contributed by atoms with Gasteiger partial charge in [0.2, 0.25) is 0 Å². The molecule has 0 unspecified atom stereocenters. The summed E-state index contributed by atoms with van der Waals surface area (Å²) >= 11 is 1.53. The Kier molecular flexibility index (Phi) is 7.01. The molecule has 4 heterocycles. The van der Waals surface area contributed by atoms with Gasteiger partial charge in [-0.3, -0.25) is 4.79 Å². The highest BCUT2D eigenvalue weighted by Gasteiger charge is 2.27. The fourth-order valence-electron chi connectivity index (χ4n) is 5.57. The Balaban J connectivity index is 1.30. The topological polar surface area (TPSA) is 86.8 Å². The number of rotatable bonds is 3. The molecule has 1 atom stereocenters. The molecule has 4 aromatic rings. The number of hydrogen-bond donors (Lipinski definition) is 2. The van der Waals surface area contributed by atoms with Gasteiger partial charge in [0.25, 0.3) is 5.91 Å². The molecule has 2 amide bonds. The number of anilines is 2. The fraction of sp³-hybridized carbons (Fsp3) is 0.406. The number of fused-ring (bicyclic) bond motifs is 5. The second-order valence-electron chi connectivity index (χ2n) is 12.0. The predicted octanol–water partition coefficient (Wildman–Crippen LogP) is 6.28. The highest BCUT2D eigenvalue weighted by Crippen LogP contribution is 2.41. The third-order valence-corrected chi connectivity index (χ3v) is 8.82. The van der Waals surface area contributed by atoms with Gasteiger partial charge in [-0.05, 0) is 82.1 Å². The monoisotopic (exact) mass is 571 g/mol. The maximum absolute atomic E-state index is 12.8. The minimum Gasteiger partial charge on any atom is -0.444 e. The molecule has 1 fully saturated rings. The molecule has 2 aromatic carbocycles. The third kappa shape index (κ3) is 5.43. The minimum absolute atomic E-state index is 0.0210. The number of pyridine rings is 1. The van der Waals surface area contributed by atoms with Crippen LogP contribution in [-0.4, -0.2) is 66.3 Å². The lowest BCUT2D eigenvalue weighted by Gasteiger charge is -2.37. The number of carbonyl (C=O) groups excluding carboxylic acids is 2. The summed E-state index contributed by atoms with van der Waals surface area (Å²) in [5, 5.41) is 8.68. The molecule has 2 aliphatic heterocycles. The summed E-state index contributed by atoms with van der Waals surface area (Å²) in [6.45, 7) is 13.3. The highest BCUT2D eigenvalue weighted by atomic mass is 32.1. The molecule has 2 aromatic heterocycles. The second kappa shape index (κ2) is 10.5. The van der Waals surface area contributed by atoms with Gasteiger partial charge in [-0.25, -0.2) is 9.78 Å². The predicted molar refractivity (Wildman–Crippen MR) is 167 cm³/mol. The minimum atomic E-state index is -0.497. The van der Waals surface area contributed by atoms with Crippen LogP contribution in [0.3, 0.4) is 0 Å². The van der Waals surface area contributed by atoms with Crippen molar-refractivity contribution in [2.45, 2.75) is 52.7 Å². The molecule has 2 aliphatic rings. The van der Waals surface area contributed by atoms with Gasteiger partial charge in [0.1, 0.15) is 10.5 Å². The molecule has 8 nitrogen and oxygen atoms in total. The molecule has 0 saturated carbocycles. The van der Waals surface area contributed by atoms with E-state index >= 15 is 0 Å². The van der Waals surface area contributed by atoms with Gasteiger partial charge in [0.15, 0.2) is 0 Å². The first-order valence-corrected chi connectivity index (χ1v) is 15.2. The Morgan fingerprint density at radius 3 is 2.61 bits per heavy atom. The van der Waals surface area contributed by atoms with E-state index in [2.05, 4.69) is 64.9 Å². The van der Waals surface area contributed by atoms with Gasteiger partial charge in [-0.1, -0.05) is 6.92 Å². The normalized spacial score (nSPS) is 17.7. The SMILES string of the molecule is CCc1cc(-c2ccc3c(ccc4sc5c(c43)NC[C@@H](C)NC5=O)n2)cc(N2CCN(C(=O)OC(C)(C)C)CC2)c1. The molecular weight excluding hydrogens is 534 g/mol. The van der Waals surface area contributed by atoms with Crippen LogP contribution in [0, 0.1) is 0 Å². The van der Waals surface area contributed by atoms with Crippen LogP contribution in [-0.2, 0) is 11.2 Å². The largest absolute Gasteiger partial charge is 0.444 e. The zero-order valence-corrected chi connectivity index (χ0v) is 25.2. The third-order valence-electron chi connectivity index (χ3n) is 7.67. The number of carbonyl (C=O) groups is 2. The molecule has 2 N–H and O–H groups in total. The number of aromatic nitrogens is 1. The average molecular weight is 572 g/mol. The van der Waals surface area contributed by atoms with Gasteiger partial charge in [-0.2, -0.15) is 0 Å².